The molecule has 81 heavy (non-hydrogen) atoms. The van der Waals surface area contributed by atoms with E-state index in [9.17, 15) is 33.7 Å². The van der Waals surface area contributed by atoms with Crippen molar-refractivity contribution in [2.75, 3.05) is 40.2 Å². The maximum atomic E-state index is 11.9. The van der Waals surface area contributed by atoms with E-state index in [1.165, 1.54) is 72.7 Å². The number of para-hydroxylation sites is 3. The van der Waals surface area contributed by atoms with E-state index in [4.69, 9.17) is 13.0 Å². The maximum absolute atomic E-state index is 11.9. The van der Waals surface area contributed by atoms with E-state index in [1.54, 1.807) is 45.9 Å². The number of carbonyl (C=O) groups excluding carboxylic acids is 4. The Morgan fingerprint density at radius 2 is 0.938 bits per heavy atom. The third-order valence-electron chi connectivity index (χ3n) is 14.9. The normalized spacial score (nSPS) is 14.8. The monoisotopic (exact) mass is 1130 g/mol. The topological polar surface area (TPSA) is 154 Å². The molecule has 0 amide bonds. The number of carbonyl (C=O) groups is 4. The zero-order chi connectivity index (χ0) is 57.5. The average molecular weight is 1130 g/mol. The fraction of sp³-hybridized carbons (Fsp3) is 0.303. The molecule has 12 nitrogen and oxygen atoms in total. The Labute approximate surface area is 504 Å². The number of nitrogens with one attached hydrogen (secondary N) is 2. The standard InChI is InChI=1S/C23H26N2O2.C16H13NO2.C12H9N.C7H14ClN.C6H5NO2.CH3F.CH4.Na.H/c1-15(26)17-6-8-22-20(13-17)21-14-18(16(2)27)7-9-23(21)25(22)12-10-19-5-4-11-24(19)3;1-9(18)11-3-5-15-13(7-11)14-8-12(10(2)19)4-6-16(14)17-15;1-3-7-11-9(5-1)10-6-2-4-8-12(10)13-11;1-9-6-2-3-7(9)4-5-8;8-7(9)6-4-2-1-3-5-6;1-2;;;/h6-9,13-14,19H,4-5,10-12H2,1-3H3;3-8,17H,1-2H3;1-8,13H;7H,2-6H2,1H3;1-5H;1H3;1H4;;/q;;;;;;;+1;-1/i;;;;;1D;;;. The smallest absolute Gasteiger partial charge is 1.00 e. The van der Waals surface area contributed by atoms with Crippen LogP contribution in [0.1, 0.15) is 118 Å². The van der Waals surface area contributed by atoms with Crippen LogP contribution in [0.2, 0.25) is 0 Å². The molecule has 12 rings (SSSR count). The van der Waals surface area contributed by atoms with Crippen LogP contribution >= 0.6 is 11.6 Å². The largest absolute Gasteiger partial charge is 1.00 e. The quantitative estimate of drug-likeness (QED) is 0.0451. The fourth-order valence-electron chi connectivity index (χ4n) is 10.6. The van der Waals surface area contributed by atoms with E-state index in [0.29, 0.717) is 28.3 Å². The summed E-state index contributed by atoms with van der Waals surface area (Å²) >= 11 is 5.62. The molecule has 15 heteroatoms. The number of non-ortho nitro benzene ring substituents is 1. The molecule has 0 aliphatic carbocycles. The van der Waals surface area contributed by atoms with Gasteiger partial charge in [0.05, 0.1) is 13.4 Å². The van der Waals surface area contributed by atoms with E-state index in [0.717, 1.165) is 74.9 Å². The van der Waals surface area contributed by atoms with Crippen molar-refractivity contribution in [3.8, 4) is 0 Å². The van der Waals surface area contributed by atoms with Gasteiger partial charge in [-0.05, 0) is 178 Å². The molecule has 10 aromatic rings. The number of H-pyrrole nitrogens is 2. The first-order valence-electron chi connectivity index (χ1n) is 27.4. The molecule has 2 fully saturated rings. The van der Waals surface area contributed by atoms with E-state index >= 15 is 0 Å². The molecule has 2 unspecified atom stereocenters. The van der Waals surface area contributed by atoms with Gasteiger partial charge in [0.25, 0.3) is 5.69 Å². The number of rotatable bonds is 10. The molecule has 7 aromatic carbocycles. The number of nitrogens with zero attached hydrogens (tertiary/aromatic N) is 4. The predicted octanol–water partition coefficient (Wildman–Crippen LogP) is 13.4. The SMILES string of the molecule is C.CC(=O)c1ccc2[nH]c3ccc(C(C)=O)cc3c2c1.CC(=O)c1ccc2c(c1)c1cc(C(C)=O)ccc1n2CCC1CCCN1C.CN1CCCC1CCCl.O=[N+]([O-])c1ccccc1.[2H]CF.[H-].[Na+].c1ccc2c(c1)[nH]c1ccccc12. The number of ketones is 4. The number of nitro groups is 1. The number of nitro benzene ring substituents is 1. The maximum Gasteiger partial charge on any atom is 1.00 e. The predicted molar refractivity (Wildman–Crippen MR) is 330 cm³/mol. The Hall–Kier alpha value is -6.84. The van der Waals surface area contributed by atoms with E-state index in [-0.39, 0.29) is 67.2 Å². The molecule has 2 aliphatic heterocycles. The zero-order valence-electron chi connectivity index (χ0n) is 48.9. The first kappa shape index (κ1) is 63.3. The summed E-state index contributed by atoms with van der Waals surface area (Å²) in [6.45, 7) is 9.68. The summed E-state index contributed by atoms with van der Waals surface area (Å²) in [5.74, 6) is 1.02. The first-order chi connectivity index (χ1) is 38.5. The Kier molecular flexibility index (Phi) is 24.1. The Morgan fingerprint density at radius 3 is 1.30 bits per heavy atom. The summed E-state index contributed by atoms with van der Waals surface area (Å²) in [6, 6.07) is 49.2. The van der Waals surface area contributed by atoms with Crippen molar-refractivity contribution in [2.45, 2.75) is 92.3 Å². The van der Waals surface area contributed by atoms with Gasteiger partial charge in [-0.25, -0.2) is 0 Å². The van der Waals surface area contributed by atoms with Crippen LogP contribution in [0, 0.1) is 10.1 Å². The van der Waals surface area contributed by atoms with Crippen LogP contribution in [0.3, 0.4) is 0 Å². The van der Waals surface area contributed by atoms with Crippen molar-refractivity contribution in [2.24, 2.45) is 0 Å². The van der Waals surface area contributed by atoms with E-state index in [1.807, 2.05) is 60.7 Å². The molecule has 2 N–H and O–H groups in total. The molecule has 0 bridgehead atoms. The van der Waals surface area contributed by atoms with Gasteiger partial charge in [0.15, 0.2) is 23.1 Å². The molecular formula is C66H75ClFN6NaO6. The molecule has 0 radical (unpaired) electrons. The van der Waals surface area contributed by atoms with Crippen molar-refractivity contribution >= 4 is 106 Å². The number of aromatic amines is 2. The van der Waals surface area contributed by atoms with Crippen molar-refractivity contribution in [1.82, 2.24) is 24.3 Å². The number of Topliss-reactive ketones (excluding diaryl/α,β-unsaturated/α-hetero) is 4. The number of benzene rings is 7. The van der Waals surface area contributed by atoms with Crippen LogP contribution in [-0.4, -0.2) is 105 Å². The summed E-state index contributed by atoms with van der Waals surface area (Å²) in [6.07, 6.45) is 7.52. The number of hydrogen-bond acceptors (Lipinski definition) is 8. The van der Waals surface area contributed by atoms with Crippen LogP contribution < -0.4 is 29.6 Å². The Morgan fingerprint density at radius 1 is 0.580 bits per heavy atom. The molecule has 0 spiro atoms. The fourth-order valence-corrected chi connectivity index (χ4v) is 10.8. The molecule has 2 saturated heterocycles. The second-order valence-corrected chi connectivity index (χ2v) is 20.5. The molecule has 2 aliphatic rings. The summed E-state index contributed by atoms with van der Waals surface area (Å²) < 4.78 is 17.9. The van der Waals surface area contributed by atoms with Crippen LogP contribution in [0.4, 0.5) is 10.1 Å². The second-order valence-electron chi connectivity index (χ2n) is 20.1. The van der Waals surface area contributed by atoms with Crippen LogP contribution in [0.5, 0.6) is 0 Å². The van der Waals surface area contributed by atoms with E-state index in [2.05, 4.69) is 99.1 Å². The molecule has 5 heterocycles. The summed E-state index contributed by atoms with van der Waals surface area (Å²) in [7, 11) is 3.39. The Bertz CT molecular complexity index is 3600. The van der Waals surface area contributed by atoms with Crippen molar-refractivity contribution in [3.05, 3.63) is 184 Å². The van der Waals surface area contributed by atoms with Crippen molar-refractivity contribution < 1.29 is 60.8 Å². The third kappa shape index (κ3) is 16.2. The van der Waals surface area contributed by atoms with E-state index < -0.39 is 12.1 Å². The van der Waals surface area contributed by atoms with Gasteiger partial charge in [0.2, 0.25) is 0 Å². The van der Waals surface area contributed by atoms with Gasteiger partial charge < -0.3 is 25.8 Å². The van der Waals surface area contributed by atoms with Crippen LogP contribution in [0.25, 0.3) is 65.4 Å². The minimum atomic E-state index is -1.00. The number of likely N-dealkylation sites (tertiary alicyclic amines) is 2. The number of aryl methyl sites for hydroxylation is 1. The summed E-state index contributed by atoms with van der Waals surface area (Å²) in [4.78, 5) is 67.8. The number of aromatic nitrogens is 3. The second kappa shape index (κ2) is 30.8. The minimum absolute atomic E-state index is 0. The molecule has 0 saturated carbocycles. The van der Waals surface area contributed by atoms with Gasteiger partial charge in [-0.1, -0.05) is 62.0 Å². The zero-order valence-corrected chi connectivity index (χ0v) is 49.6. The molecule has 420 valence electrons. The van der Waals surface area contributed by atoms with Gasteiger partial charge in [-0.2, -0.15) is 0 Å². The van der Waals surface area contributed by atoms with Gasteiger partial charge in [0.1, 0.15) is 0 Å². The molecule has 3 aromatic heterocycles. The number of hydrogen-bond donors (Lipinski definition) is 2. The number of fused-ring (bicyclic) bond motifs is 9. The summed E-state index contributed by atoms with van der Waals surface area (Å²) in [5.41, 5.74) is 9.57. The van der Waals surface area contributed by atoms with Gasteiger partial charge in [0, 0.05) is 124 Å². The molecule has 2 atom stereocenters. The van der Waals surface area contributed by atoms with Gasteiger partial charge in [-0.15, -0.1) is 11.6 Å². The molecular weight excluding hydrogens is 1050 g/mol. The van der Waals surface area contributed by atoms with Gasteiger partial charge >= 0.3 is 29.6 Å². The average Bonchev–Trinajstić information content (AvgIpc) is 3.45. The number of halogens is 2. The van der Waals surface area contributed by atoms with Crippen molar-refractivity contribution in [1.29, 1.82) is 0 Å². The summed E-state index contributed by atoms with van der Waals surface area (Å²) in [5, 5.41) is 16.7. The van der Waals surface area contributed by atoms with Crippen LogP contribution in [0.15, 0.2) is 152 Å². The Balaban J connectivity index is 0.000000232. The van der Waals surface area contributed by atoms with Crippen LogP contribution in [-0.2, 0) is 6.54 Å². The third-order valence-corrected chi connectivity index (χ3v) is 15.2. The minimum Gasteiger partial charge on any atom is -1.00 e. The van der Waals surface area contributed by atoms with Gasteiger partial charge in [-0.3, -0.25) is 33.7 Å². The van der Waals surface area contributed by atoms with Crippen molar-refractivity contribution in [3.63, 3.8) is 0 Å². The number of alkyl halides is 2. The first-order valence-corrected chi connectivity index (χ1v) is 27.2.